The smallest absolute Gasteiger partial charge is 0.414 e. The van der Waals surface area contributed by atoms with E-state index in [2.05, 4.69) is 44.1 Å². The molecular weight excluding hydrogens is 424 g/mol. The van der Waals surface area contributed by atoms with Gasteiger partial charge in [-0.1, -0.05) is 31.4 Å². The largest absolute Gasteiger partial charge is 0.489 e. The van der Waals surface area contributed by atoms with Crippen molar-refractivity contribution in [2.45, 2.75) is 84.3 Å². The second kappa shape index (κ2) is 9.89. The Hall–Kier alpha value is -2.69. The van der Waals surface area contributed by atoms with E-state index in [-0.39, 0.29) is 6.09 Å². The van der Waals surface area contributed by atoms with E-state index in [0.29, 0.717) is 19.1 Å². The van der Waals surface area contributed by atoms with Crippen molar-refractivity contribution >= 4 is 17.5 Å². The molecule has 0 spiro atoms. The predicted octanol–water partition coefficient (Wildman–Crippen LogP) is 6.99. The van der Waals surface area contributed by atoms with Crippen molar-refractivity contribution in [3.8, 4) is 5.75 Å². The Morgan fingerprint density at radius 2 is 1.82 bits per heavy atom. The molecule has 1 amide bonds. The average molecular weight is 465 g/mol. The Balaban J connectivity index is 1.48. The molecular formula is C29H40N2O3. The van der Waals surface area contributed by atoms with Gasteiger partial charge in [0.15, 0.2) is 0 Å². The zero-order chi connectivity index (χ0) is 24.5. The second-order valence-corrected chi connectivity index (χ2v) is 11.0. The molecule has 2 aromatic carbocycles. The molecule has 184 valence electrons. The van der Waals surface area contributed by atoms with E-state index < -0.39 is 5.60 Å². The molecule has 0 saturated heterocycles. The first-order chi connectivity index (χ1) is 16.1. The number of hydrogen-bond donors (Lipinski definition) is 0. The zero-order valence-electron chi connectivity index (χ0n) is 21.7. The molecule has 2 aromatic rings. The number of carbonyl (C=O) groups excluding carboxylic acids is 1. The molecule has 0 unspecified atom stereocenters. The van der Waals surface area contributed by atoms with Gasteiger partial charge >= 0.3 is 6.09 Å². The normalized spacial score (nSPS) is 16.4. The average Bonchev–Trinajstić information content (AvgIpc) is 3.23. The van der Waals surface area contributed by atoms with Gasteiger partial charge in [-0.2, -0.15) is 0 Å². The summed E-state index contributed by atoms with van der Waals surface area (Å²) >= 11 is 0. The van der Waals surface area contributed by atoms with Gasteiger partial charge in [-0.15, -0.1) is 0 Å². The molecule has 1 aliphatic heterocycles. The van der Waals surface area contributed by atoms with Crippen LogP contribution in [0.25, 0.3) is 0 Å². The van der Waals surface area contributed by atoms with Gasteiger partial charge in [0.2, 0.25) is 0 Å². The Bertz CT molecular complexity index is 1030. The zero-order valence-corrected chi connectivity index (χ0v) is 21.7. The summed E-state index contributed by atoms with van der Waals surface area (Å²) in [5, 5.41) is 0. The van der Waals surface area contributed by atoms with Crippen LogP contribution in [-0.4, -0.2) is 32.3 Å². The number of amides is 1. The van der Waals surface area contributed by atoms with Crippen LogP contribution in [0.1, 0.15) is 81.0 Å². The summed E-state index contributed by atoms with van der Waals surface area (Å²) in [5.41, 5.74) is 6.68. The maximum atomic E-state index is 12.6. The van der Waals surface area contributed by atoms with Gasteiger partial charge in [-0.3, -0.25) is 4.90 Å². The summed E-state index contributed by atoms with van der Waals surface area (Å²) in [6, 6.07) is 10.8. The molecule has 0 atom stereocenters. The fraction of sp³-hybridized carbons (Fsp3) is 0.552. The number of benzene rings is 2. The highest BCUT2D eigenvalue weighted by atomic mass is 16.6. The van der Waals surface area contributed by atoms with Crippen molar-refractivity contribution in [1.82, 2.24) is 0 Å². The van der Waals surface area contributed by atoms with Gasteiger partial charge in [0.05, 0.1) is 5.69 Å². The van der Waals surface area contributed by atoms with Crippen molar-refractivity contribution in [3.63, 3.8) is 0 Å². The molecule has 1 aliphatic carbocycles. The molecule has 0 aromatic heterocycles. The van der Waals surface area contributed by atoms with Crippen LogP contribution in [0.2, 0.25) is 0 Å². The molecule has 0 N–H and O–H groups in total. The van der Waals surface area contributed by atoms with Crippen LogP contribution < -0.4 is 14.5 Å². The Morgan fingerprint density at radius 1 is 1.09 bits per heavy atom. The minimum Gasteiger partial charge on any atom is -0.489 e. The van der Waals surface area contributed by atoms with Crippen molar-refractivity contribution < 1.29 is 14.3 Å². The fourth-order valence-corrected chi connectivity index (χ4v) is 5.28. The highest BCUT2D eigenvalue weighted by Gasteiger charge is 2.30. The SMILES string of the molecule is Cc1c(OCc2ccc(C3CCCCC3)c(N(C)C)c2)ccc2c1CCN2C(=O)OC(C)(C)C. The lowest BCUT2D eigenvalue weighted by atomic mass is 9.83. The number of hydrogen-bond acceptors (Lipinski definition) is 4. The highest BCUT2D eigenvalue weighted by Crippen LogP contribution is 2.39. The van der Waals surface area contributed by atoms with Crippen molar-refractivity contribution in [1.29, 1.82) is 0 Å². The standard InChI is InChI=1S/C29H40N2O3/c1-20-23-16-17-31(28(32)34-29(2,3)4)25(23)14-15-27(20)33-19-21-12-13-24(26(18-21)30(5)6)22-10-8-7-9-11-22/h12-15,18,22H,7-11,16-17,19H2,1-6H3. The van der Waals surface area contributed by atoms with Gasteiger partial charge in [0.1, 0.15) is 18.0 Å². The van der Waals surface area contributed by atoms with Gasteiger partial charge in [0, 0.05) is 26.3 Å². The number of carbonyl (C=O) groups is 1. The first kappa shape index (κ1) is 24.4. The minimum absolute atomic E-state index is 0.284. The molecule has 1 saturated carbocycles. The minimum atomic E-state index is -0.504. The van der Waals surface area contributed by atoms with E-state index in [1.807, 2.05) is 32.9 Å². The quantitative estimate of drug-likeness (QED) is 0.478. The summed E-state index contributed by atoms with van der Waals surface area (Å²) in [7, 11) is 4.26. The van der Waals surface area contributed by atoms with Crippen molar-refractivity contribution in [3.05, 3.63) is 52.6 Å². The Labute approximate surface area is 205 Å². The summed E-state index contributed by atoms with van der Waals surface area (Å²) in [4.78, 5) is 16.6. The third-order valence-electron chi connectivity index (χ3n) is 7.03. The lowest BCUT2D eigenvalue weighted by molar-refractivity contribution is 0.0584. The molecule has 0 radical (unpaired) electrons. The third-order valence-corrected chi connectivity index (χ3v) is 7.03. The van der Waals surface area contributed by atoms with E-state index >= 15 is 0 Å². The highest BCUT2D eigenvalue weighted by molar-refractivity contribution is 5.91. The first-order valence-corrected chi connectivity index (χ1v) is 12.7. The molecule has 34 heavy (non-hydrogen) atoms. The van der Waals surface area contributed by atoms with Gasteiger partial charge in [0.25, 0.3) is 0 Å². The van der Waals surface area contributed by atoms with Crippen molar-refractivity contribution in [2.75, 3.05) is 30.4 Å². The summed E-state index contributed by atoms with van der Waals surface area (Å²) in [5.74, 6) is 1.56. The van der Waals surface area contributed by atoms with Gasteiger partial charge in [-0.05, 0) is 93.3 Å². The third kappa shape index (κ3) is 5.34. The topological polar surface area (TPSA) is 42.0 Å². The van der Waals surface area contributed by atoms with Crippen LogP contribution in [0.4, 0.5) is 16.2 Å². The lowest BCUT2D eigenvalue weighted by Gasteiger charge is -2.27. The fourth-order valence-electron chi connectivity index (χ4n) is 5.28. The summed E-state index contributed by atoms with van der Waals surface area (Å²) in [6.07, 6.45) is 7.18. The van der Waals surface area contributed by atoms with Crippen LogP contribution in [0.5, 0.6) is 5.75 Å². The molecule has 5 nitrogen and oxygen atoms in total. The number of fused-ring (bicyclic) bond motifs is 1. The molecule has 0 bridgehead atoms. The lowest BCUT2D eigenvalue weighted by Crippen LogP contribution is -2.35. The maximum Gasteiger partial charge on any atom is 0.414 e. The number of anilines is 2. The van der Waals surface area contributed by atoms with E-state index in [0.717, 1.165) is 23.4 Å². The first-order valence-electron chi connectivity index (χ1n) is 12.7. The van der Waals surface area contributed by atoms with E-state index in [4.69, 9.17) is 9.47 Å². The maximum absolute atomic E-state index is 12.6. The van der Waals surface area contributed by atoms with E-state index in [9.17, 15) is 4.79 Å². The summed E-state index contributed by atoms with van der Waals surface area (Å²) in [6.45, 7) is 8.95. The van der Waals surface area contributed by atoms with E-state index in [1.165, 1.54) is 54.5 Å². The molecule has 5 heteroatoms. The Kier molecular flexibility index (Phi) is 7.11. The number of nitrogens with zero attached hydrogens (tertiary/aromatic N) is 2. The number of rotatable bonds is 5. The van der Waals surface area contributed by atoms with Crippen LogP contribution in [0, 0.1) is 6.92 Å². The molecule has 2 aliphatic rings. The predicted molar refractivity (Wildman–Crippen MR) is 139 cm³/mol. The Morgan fingerprint density at radius 3 is 2.50 bits per heavy atom. The molecule has 1 heterocycles. The van der Waals surface area contributed by atoms with Gasteiger partial charge < -0.3 is 14.4 Å². The van der Waals surface area contributed by atoms with Crippen LogP contribution in [-0.2, 0) is 17.8 Å². The summed E-state index contributed by atoms with van der Waals surface area (Å²) < 4.78 is 11.9. The molecule has 1 fully saturated rings. The second-order valence-electron chi connectivity index (χ2n) is 11.0. The van der Waals surface area contributed by atoms with Crippen LogP contribution in [0.3, 0.4) is 0 Å². The monoisotopic (exact) mass is 464 g/mol. The van der Waals surface area contributed by atoms with Crippen LogP contribution >= 0.6 is 0 Å². The van der Waals surface area contributed by atoms with Crippen molar-refractivity contribution in [2.24, 2.45) is 0 Å². The number of ether oxygens (including phenoxy) is 2. The van der Waals surface area contributed by atoms with E-state index in [1.54, 1.807) is 4.90 Å². The van der Waals surface area contributed by atoms with Gasteiger partial charge in [-0.25, -0.2) is 4.79 Å². The van der Waals surface area contributed by atoms with Crippen LogP contribution in [0.15, 0.2) is 30.3 Å². The molecule has 4 rings (SSSR count).